The van der Waals surface area contributed by atoms with E-state index in [4.69, 9.17) is 5.73 Å². The third-order valence-electron chi connectivity index (χ3n) is 0.553. The number of nitrogens with two attached hydrogens (primary N) is 1. The second kappa shape index (κ2) is 10.9. The summed E-state index contributed by atoms with van der Waals surface area (Å²) in [6.45, 7) is 0.426. The summed E-state index contributed by atoms with van der Waals surface area (Å²) in [5, 5.41) is 0. The number of hydrogen-bond donors (Lipinski definition) is 1. The maximum Gasteiger partial charge on any atom is 0.219 e. The molecule has 1 amide bonds. The Bertz CT molecular complexity index is 69.6. The molecule has 2 N–H and O–H groups in total. The maximum atomic E-state index is 9.90. The first-order valence-corrected chi connectivity index (χ1v) is 2.04. The van der Waals surface area contributed by atoms with Crippen molar-refractivity contribution >= 4 is 30.7 Å². The largest absolute Gasteiger partial charge is 0.384 e. The molecular weight excluding hydrogens is 165 g/mol. The third kappa shape index (κ3) is 18.0. The Kier molecular flexibility index (Phi) is 19.4. The van der Waals surface area contributed by atoms with Crippen LogP contribution < -0.4 is 5.73 Å². The van der Waals surface area contributed by atoms with Crippen molar-refractivity contribution in [1.82, 2.24) is 0 Å². The highest BCUT2D eigenvalue weighted by Gasteiger charge is 1.88. The summed E-state index contributed by atoms with van der Waals surface area (Å²) < 4.78 is 4.55. The van der Waals surface area contributed by atoms with Gasteiger partial charge >= 0.3 is 0 Å². The maximum absolute atomic E-state index is 9.90. The minimum absolute atomic E-state index is 0. The molecule has 0 atom stereocenters. The monoisotopic (exact) mass is 175 g/mol. The molecule has 9 heavy (non-hydrogen) atoms. The molecule has 0 fully saturated rings. The van der Waals surface area contributed by atoms with Crippen molar-refractivity contribution < 1.29 is 9.53 Å². The fourth-order valence-electron chi connectivity index (χ4n) is 0.203. The molecule has 0 unspecified atom stereocenters. The van der Waals surface area contributed by atoms with Gasteiger partial charge in [0.2, 0.25) is 5.91 Å². The number of carbonyl (C=O) groups is 1. The predicted octanol–water partition coefficient (Wildman–Crippen LogP) is 0.352. The van der Waals surface area contributed by atoms with Crippen molar-refractivity contribution in [2.45, 2.75) is 6.42 Å². The highest BCUT2D eigenvalue weighted by molar-refractivity contribution is 5.85. The zero-order chi connectivity index (χ0) is 5.70. The molecule has 0 aliphatic carbocycles. The molecule has 5 heteroatoms. The van der Waals surface area contributed by atoms with Crippen molar-refractivity contribution in [3.05, 3.63) is 0 Å². The zero-order valence-corrected chi connectivity index (χ0v) is 6.76. The van der Waals surface area contributed by atoms with Crippen LogP contribution in [0.1, 0.15) is 6.42 Å². The smallest absolute Gasteiger partial charge is 0.219 e. The van der Waals surface area contributed by atoms with Crippen molar-refractivity contribution in [1.29, 1.82) is 0 Å². The summed E-state index contributed by atoms with van der Waals surface area (Å²) in [6, 6.07) is 0. The van der Waals surface area contributed by atoms with E-state index in [-0.39, 0.29) is 30.7 Å². The van der Waals surface area contributed by atoms with E-state index in [0.29, 0.717) is 13.0 Å². The Morgan fingerprint density at radius 2 is 2.00 bits per heavy atom. The van der Waals surface area contributed by atoms with Gasteiger partial charge in [-0.2, -0.15) is 0 Å². The number of ether oxygens (including phenoxy) is 1. The fourth-order valence-corrected chi connectivity index (χ4v) is 0.203. The molecule has 0 aliphatic heterocycles. The van der Waals surface area contributed by atoms with Crippen molar-refractivity contribution in [2.24, 2.45) is 5.73 Å². The molecule has 0 aromatic carbocycles. The van der Waals surface area contributed by atoms with Gasteiger partial charge in [-0.3, -0.25) is 4.79 Å². The van der Waals surface area contributed by atoms with Gasteiger partial charge in [-0.05, 0) is 0 Å². The molecule has 0 saturated carbocycles. The standard InChI is InChI=1S/C4H9NO2.2ClH/c1-7-3-2-4(5)6;;/h2-3H2,1H3,(H2,5,6);2*1H. The molecule has 0 rings (SSSR count). The quantitative estimate of drug-likeness (QED) is 0.674. The van der Waals surface area contributed by atoms with Crippen molar-refractivity contribution in [3.63, 3.8) is 0 Å². The van der Waals surface area contributed by atoms with Crippen LogP contribution in [-0.2, 0) is 9.53 Å². The van der Waals surface area contributed by atoms with Crippen LogP contribution in [0.2, 0.25) is 0 Å². The molecule has 58 valence electrons. The van der Waals surface area contributed by atoms with Gasteiger partial charge in [0.05, 0.1) is 6.61 Å². The molecular formula is C4H11Cl2NO2. The summed E-state index contributed by atoms with van der Waals surface area (Å²) in [4.78, 5) is 9.90. The number of halogens is 2. The van der Waals surface area contributed by atoms with Crippen LogP contribution in [0.4, 0.5) is 0 Å². The minimum Gasteiger partial charge on any atom is -0.384 e. The molecule has 0 saturated heterocycles. The molecule has 0 radical (unpaired) electrons. The summed E-state index contributed by atoms with van der Waals surface area (Å²) in [7, 11) is 1.53. The van der Waals surface area contributed by atoms with Gasteiger partial charge < -0.3 is 10.5 Å². The number of primary amides is 1. The van der Waals surface area contributed by atoms with Gasteiger partial charge in [-0.15, -0.1) is 24.8 Å². The van der Waals surface area contributed by atoms with E-state index < -0.39 is 0 Å². The van der Waals surface area contributed by atoms with E-state index in [1.165, 1.54) is 7.11 Å². The van der Waals surface area contributed by atoms with Crippen LogP contribution in [0.5, 0.6) is 0 Å². The molecule has 0 heterocycles. The normalized spacial score (nSPS) is 6.78. The van der Waals surface area contributed by atoms with E-state index in [1.54, 1.807) is 0 Å². The average molecular weight is 176 g/mol. The Morgan fingerprint density at radius 3 is 2.11 bits per heavy atom. The summed E-state index contributed by atoms with van der Waals surface area (Å²) in [6.07, 6.45) is 0.316. The van der Waals surface area contributed by atoms with Gasteiger partial charge in [0.1, 0.15) is 0 Å². The predicted molar refractivity (Wildman–Crippen MR) is 40.2 cm³/mol. The topological polar surface area (TPSA) is 52.3 Å². The van der Waals surface area contributed by atoms with Gasteiger partial charge in [0.15, 0.2) is 0 Å². The number of methoxy groups -OCH3 is 1. The Balaban J connectivity index is -0.000000180. The lowest BCUT2D eigenvalue weighted by atomic mass is 10.4. The first kappa shape index (κ1) is 16.0. The zero-order valence-electron chi connectivity index (χ0n) is 5.12. The lowest BCUT2D eigenvalue weighted by Gasteiger charge is -1.89. The van der Waals surface area contributed by atoms with Crippen LogP contribution in [0.3, 0.4) is 0 Å². The lowest BCUT2D eigenvalue weighted by molar-refractivity contribution is -0.118. The van der Waals surface area contributed by atoms with E-state index in [9.17, 15) is 4.79 Å². The Hall–Kier alpha value is 0.01000. The first-order valence-electron chi connectivity index (χ1n) is 2.04. The first-order chi connectivity index (χ1) is 3.27. The molecule has 3 nitrogen and oxygen atoms in total. The van der Waals surface area contributed by atoms with E-state index in [1.807, 2.05) is 0 Å². The number of hydrogen-bond acceptors (Lipinski definition) is 2. The van der Waals surface area contributed by atoms with Gasteiger partial charge in [0, 0.05) is 13.5 Å². The Labute approximate surface area is 66.8 Å². The summed E-state index contributed by atoms with van der Waals surface area (Å²) >= 11 is 0. The van der Waals surface area contributed by atoms with Crippen molar-refractivity contribution in [3.8, 4) is 0 Å². The Morgan fingerprint density at radius 1 is 1.56 bits per heavy atom. The molecule has 0 aromatic rings. The SMILES string of the molecule is COCCC(N)=O.Cl.Cl. The van der Waals surface area contributed by atoms with E-state index in [0.717, 1.165) is 0 Å². The highest BCUT2D eigenvalue weighted by atomic mass is 35.5. The molecule has 0 spiro atoms. The van der Waals surface area contributed by atoms with Crippen LogP contribution in [0.25, 0.3) is 0 Å². The molecule has 0 aromatic heterocycles. The molecule has 0 aliphatic rings. The number of rotatable bonds is 3. The second-order valence-corrected chi connectivity index (χ2v) is 1.21. The summed E-state index contributed by atoms with van der Waals surface area (Å²) in [5.41, 5.74) is 4.76. The average Bonchev–Trinajstić information content (AvgIpc) is 1.61. The van der Waals surface area contributed by atoms with Crippen LogP contribution in [0, 0.1) is 0 Å². The lowest BCUT2D eigenvalue weighted by Crippen LogP contribution is -2.12. The van der Waals surface area contributed by atoms with Crippen LogP contribution in [0.15, 0.2) is 0 Å². The van der Waals surface area contributed by atoms with Gasteiger partial charge in [0.25, 0.3) is 0 Å². The van der Waals surface area contributed by atoms with Crippen molar-refractivity contribution in [2.75, 3.05) is 13.7 Å². The third-order valence-corrected chi connectivity index (χ3v) is 0.553. The van der Waals surface area contributed by atoms with Crippen LogP contribution >= 0.6 is 24.8 Å². The number of carbonyl (C=O) groups excluding carboxylic acids is 1. The van der Waals surface area contributed by atoms with E-state index >= 15 is 0 Å². The second-order valence-electron chi connectivity index (χ2n) is 1.21. The van der Waals surface area contributed by atoms with E-state index in [2.05, 4.69) is 4.74 Å². The summed E-state index contributed by atoms with van der Waals surface area (Å²) in [5.74, 6) is -0.318. The minimum atomic E-state index is -0.318. The highest BCUT2D eigenvalue weighted by Crippen LogP contribution is 1.74. The van der Waals surface area contributed by atoms with Gasteiger partial charge in [-0.25, -0.2) is 0 Å². The number of amides is 1. The fraction of sp³-hybridized carbons (Fsp3) is 0.750. The van der Waals surface area contributed by atoms with Crippen LogP contribution in [-0.4, -0.2) is 19.6 Å². The molecule has 0 bridgehead atoms. The van der Waals surface area contributed by atoms with Gasteiger partial charge in [-0.1, -0.05) is 0 Å².